The van der Waals surface area contributed by atoms with Crippen molar-refractivity contribution in [3.8, 4) is 0 Å². The monoisotopic (exact) mass is 239 g/mol. The second-order valence-corrected chi connectivity index (χ2v) is 4.30. The minimum absolute atomic E-state index is 0.257. The second-order valence-electron chi connectivity index (χ2n) is 4.30. The zero-order valence-electron chi connectivity index (χ0n) is 9.89. The van der Waals surface area contributed by atoms with Crippen LogP contribution in [0.3, 0.4) is 0 Å². The Morgan fingerprint density at radius 3 is 3.24 bits per heavy atom. The molecular formula is C12H17NO4. The number of ether oxygens (including phenoxy) is 1. The van der Waals surface area contributed by atoms with Gasteiger partial charge in [-0.25, -0.2) is 4.79 Å². The Kier molecular flexibility index (Phi) is 3.81. The van der Waals surface area contributed by atoms with E-state index >= 15 is 0 Å². The highest BCUT2D eigenvalue weighted by atomic mass is 16.5. The molecule has 0 saturated carbocycles. The Bertz CT molecular complexity index is 388. The highest BCUT2D eigenvalue weighted by molar-refractivity contribution is 5.87. The van der Waals surface area contributed by atoms with E-state index in [1.54, 1.807) is 6.07 Å². The molecule has 1 aliphatic heterocycles. The van der Waals surface area contributed by atoms with Gasteiger partial charge >= 0.3 is 5.97 Å². The summed E-state index contributed by atoms with van der Waals surface area (Å²) in [6.07, 6.45) is 3.05. The smallest absolute Gasteiger partial charge is 0.374 e. The third-order valence-electron chi connectivity index (χ3n) is 2.99. The average Bonchev–Trinajstić information content (AvgIpc) is 2.76. The van der Waals surface area contributed by atoms with Crippen molar-refractivity contribution in [1.82, 2.24) is 4.90 Å². The topological polar surface area (TPSA) is 62.9 Å². The van der Waals surface area contributed by atoms with Crippen molar-refractivity contribution in [2.75, 3.05) is 20.2 Å². The number of rotatable bonds is 3. The highest BCUT2D eigenvalue weighted by Crippen LogP contribution is 2.17. The molecule has 0 amide bonds. The van der Waals surface area contributed by atoms with Crippen molar-refractivity contribution in [1.29, 1.82) is 0 Å². The molecule has 0 spiro atoms. The number of hydrogen-bond acceptors (Lipinski definition) is 5. The summed E-state index contributed by atoms with van der Waals surface area (Å²) in [5, 5.41) is 9.58. The van der Waals surface area contributed by atoms with Crippen molar-refractivity contribution < 1.29 is 19.1 Å². The van der Waals surface area contributed by atoms with Crippen LogP contribution in [0.1, 0.15) is 29.0 Å². The van der Waals surface area contributed by atoms with Crippen LogP contribution < -0.4 is 0 Å². The lowest BCUT2D eigenvalue weighted by molar-refractivity contribution is 0.0551. The molecular weight excluding hydrogens is 222 g/mol. The Labute approximate surface area is 100.0 Å². The SMILES string of the molecule is COC(=O)c1occc1CN1CCCC(O)C1. The summed E-state index contributed by atoms with van der Waals surface area (Å²) >= 11 is 0. The lowest BCUT2D eigenvalue weighted by Gasteiger charge is -2.29. The van der Waals surface area contributed by atoms with E-state index in [-0.39, 0.29) is 11.9 Å². The first-order chi connectivity index (χ1) is 8.20. The first-order valence-electron chi connectivity index (χ1n) is 5.76. The summed E-state index contributed by atoms with van der Waals surface area (Å²) in [7, 11) is 1.33. The third-order valence-corrected chi connectivity index (χ3v) is 2.99. The Hall–Kier alpha value is -1.33. The fourth-order valence-corrected chi connectivity index (χ4v) is 2.15. The first kappa shape index (κ1) is 12.1. The minimum atomic E-state index is -0.456. The van der Waals surface area contributed by atoms with Crippen LogP contribution in [0.4, 0.5) is 0 Å². The van der Waals surface area contributed by atoms with Gasteiger partial charge < -0.3 is 14.3 Å². The fourth-order valence-electron chi connectivity index (χ4n) is 2.15. The molecule has 1 fully saturated rings. The quantitative estimate of drug-likeness (QED) is 0.798. The van der Waals surface area contributed by atoms with Gasteiger partial charge in [0.15, 0.2) is 0 Å². The van der Waals surface area contributed by atoms with Gasteiger partial charge in [-0.15, -0.1) is 0 Å². The lowest BCUT2D eigenvalue weighted by atomic mass is 10.1. The van der Waals surface area contributed by atoms with Gasteiger partial charge in [-0.3, -0.25) is 4.90 Å². The number of nitrogens with zero attached hydrogens (tertiary/aromatic N) is 1. The minimum Gasteiger partial charge on any atom is -0.463 e. The van der Waals surface area contributed by atoms with Crippen LogP contribution in [0.25, 0.3) is 0 Å². The molecule has 1 aromatic heterocycles. The number of furan rings is 1. The van der Waals surface area contributed by atoms with E-state index in [1.165, 1.54) is 13.4 Å². The van der Waals surface area contributed by atoms with Crippen LogP contribution in [0, 0.1) is 0 Å². The first-order valence-corrected chi connectivity index (χ1v) is 5.76. The number of piperidine rings is 1. The summed E-state index contributed by atoms with van der Waals surface area (Å²) < 4.78 is 9.77. The van der Waals surface area contributed by atoms with E-state index < -0.39 is 5.97 Å². The molecule has 94 valence electrons. The Balaban J connectivity index is 2.03. The zero-order chi connectivity index (χ0) is 12.3. The molecule has 1 atom stereocenters. The highest BCUT2D eigenvalue weighted by Gasteiger charge is 2.22. The van der Waals surface area contributed by atoms with Crippen LogP contribution in [0.2, 0.25) is 0 Å². The van der Waals surface area contributed by atoms with Crippen LogP contribution in [-0.4, -0.2) is 42.3 Å². The van der Waals surface area contributed by atoms with Crippen molar-refractivity contribution in [3.05, 3.63) is 23.7 Å². The van der Waals surface area contributed by atoms with Gasteiger partial charge in [0.2, 0.25) is 5.76 Å². The van der Waals surface area contributed by atoms with Crippen LogP contribution in [0.15, 0.2) is 16.7 Å². The van der Waals surface area contributed by atoms with Gasteiger partial charge in [0.05, 0.1) is 19.5 Å². The number of hydrogen-bond donors (Lipinski definition) is 1. The predicted molar refractivity (Wildman–Crippen MR) is 60.6 cm³/mol. The van der Waals surface area contributed by atoms with Crippen molar-refractivity contribution in [2.45, 2.75) is 25.5 Å². The second kappa shape index (κ2) is 5.33. The van der Waals surface area contributed by atoms with Crippen molar-refractivity contribution >= 4 is 5.97 Å². The fraction of sp³-hybridized carbons (Fsp3) is 0.583. The van der Waals surface area contributed by atoms with E-state index in [9.17, 15) is 9.90 Å². The number of esters is 1. The van der Waals surface area contributed by atoms with Gasteiger partial charge in [0.1, 0.15) is 0 Å². The van der Waals surface area contributed by atoms with Gasteiger partial charge in [0, 0.05) is 18.7 Å². The molecule has 5 heteroatoms. The predicted octanol–water partition coefficient (Wildman–Crippen LogP) is 1.02. The average molecular weight is 239 g/mol. The summed E-state index contributed by atoms with van der Waals surface area (Å²) in [6.45, 7) is 2.19. The lowest BCUT2D eigenvalue weighted by Crippen LogP contribution is -2.37. The van der Waals surface area contributed by atoms with Gasteiger partial charge in [0.25, 0.3) is 0 Å². The number of β-amino-alcohol motifs (C(OH)–C–C–N with tert-alkyl or cyclic N) is 1. The number of methoxy groups -OCH3 is 1. The zero-order valence-corrected chi connectivity index (χ0v) is 9.89. The maximum Gasteiger partial charge on any atom is 0.374 e. The van der Waals surface area contributed by atoms with Crippen molar-refractivity contribution in [2.24, 2.45) is 0 Å². The molecule has 1 aliphatic rings. The maximum atomic E-state index is 11.4. The van der Waals surface area contributed by atoms with Crippen molar-refractivity contribution in [3.63, 3.8) is 0 Å². The number of carbonyl (C=O) groups excluding carboxylic acids is 1. The van der Waals surface area contributed by atoms with E-state index in [0.717, 1.165) is 24.9 Å². The molecule has 0 aliphatic carbocycles. The van der Waals surface area contributed by atoms with E-state index in [2.05, 4.69) is 9.64 Å². The number of carbonyl (C=O) groups is 1. The summed E-state index contributed by atoms with van der Waals surface area (Å²) in [5.74, 6) is -0.199. The number of aliphatic hydroxyl groups excluding tert-OH is 1. The molecule has 0 bridgehead atoms. The van der Waals surface area contributed by atoms with E-state index in [4.69, 9.17) is 4.42 Å². The molecule has 2 heterocycles. The summed E-state index contributed by atoms with van der Waals surface area (Å²) in [6, 6.07) is 1.77. The maximum absolute atomic E-state index is 11.4. The van der Waals surface area contributed by atoms with Crippen LogP contribution >= 0.6 is 0 Å². The van der Waals surface area contributed by atoms with Gasteiger partial charge in [-0.05, 0) is 25.5 Å². The van der Waals surface area contributed by atoms with E-state index in [1.807, 2.05) is 0 Å². The normalized spacial score (nSPS) is 21.4. The summed E-state index contributed by atoms with van der Waals surface area (Å²) in [5.41, 5.74) is 0.811. The third kappa shape index (κ3) is 2.87. The molecule has 1 unspecified atom stereocenters. The molecule has 5 nitrogen and oxygen atoms in total. The van der Waals surface area contributed by atoms with Gasteiger partial charge in [-0.1, -0.05) is 0 Å². The Morgan fingerprint density at radius 1 is 1.71 bits per heavy atom. The molecule has 1 aromatic rings. The molecule has 17 heavy (non-hydrogen) atoms. The number of likely N-dealkylation sites (tertiary alicyclic amines) is 1. The molecule has 0 aromatic carbocycles. The van der Waals surface area contributed by atoms with Gasteiger partial charge in [-0.2, -0.15) is 0 Å². The molecule has 0 radical (unpaired) electrons. The molecule has 1 N–H and O–H groups in total. The molecule has 2 rings (SSSR count). The van der Waals surface area contributed by atoms with Crippen LogP contribution in [0.5, 0.6) is 0 Å². The Morgan fingerprint density at radius 2 is 2.53 bits per heavy atom. The summed E-state index contributed by atoms with van der Waals surface area (Å²) in [4.78, 5) is 13.5. The number of aliphatic hydroxyl groups is 1. The largest absolute Gasteiger partial charge is 0.463 e. The standard InChI is InChI=1S/C12H17NO4/c1-16-12(15)11-9(4-6-17-11)7-13-5-2-3-10(14)8-13/h4,6,10,14H,2-3,5,7-8H2,1H3. The molecule has 1 saturated heterocycles. The van der Waals surface area contributed by atoms with E-state index in [0.29, 0.717) is 13.1 Å². The van der Waals surface area contributed by atoms with Crippen LogP contribution in [-0.2, 0) is 11.3 Å².